The molecule has 0 saturated carbocycles. The van der Waals surface area contributed by atoms with Crippen molar-refractivity contribution >= 4 is 25.9 Å². The number of aliphatic hydroxyl groups excluding tert-OH is 2. The molecule has 1 fully saturated rings. The normalized spacial score (nSPS) is 25.7. The van der Waals surface area contributed by atoms with Crippen LogP contribution >= 0.6 is 0 Å². The number of ether oxygens (including phenoxy) is 1. The fourth-order valence-electron chi connectivity index (χ4n) is 6.22. The third-order valence-electron chi connectivity index (χ3n) is 8.28. The summed E-state index contributed by atoms with van der Waals surface area (Å²) in [5.41, 5.74) is 3.61. The fourth-order valence-corrected chi connectivity index (χ4v) is 8.76. The number of aryl methyl sites for hydroxylation is 1. The van der Waals surface area contributed by atoms with Gasteiger partial charge < -0.3 is 29.3 Å². The summed E-state index contributed by atoms with van der Waals surface area (Å²) >= 11 is 0. The third-order valence-corrected chi connectivity index (χ3v) is 10.8. The molecule has 0 radical (unpaired) electrons. The molecule has 2 aromatic carbocycles. The number of fused-ring (bicyclic) bond motifs is 1. The van der Waals surface area contributed by atoms with Gasteiger partial charge in [-0.1, -0.05) is 43.3 Å². The fraction of sp³-hybridized carbons (Fsp3) is 0.533. The summed E-state index contributed by atoms with van der Waals surface area (Å²) in [6.07, 6.45) is 0.403. The average Bonchev–Trinajstić information content (AvgIpc) is 3.22. The summed E-state index contributed by atoms with van der Waals surface area (Å²) < 4.78 is 22.0. The van der Waals surface area contributed by atoms with E-state index in [1.807, 2.05) is 43.3 Å². The van der Waals surface area contributed by atoms with Crippen molar-refractivity contribution in [1.82, 2.24) is 4.90 Å². The lowest BCUT2D eigenvalue weighted by atomic mass is 9.93. The van der Waals surface area contributed by atoms with Crippen LogP contribution in [0.5, 0.6) is 0 Å². The Morgan fingerprint density at radius 2 is 1.79 bits per heavy atom. The van der Waals surface area contributed by atoms with Crippen molar-refractivity contribution in [2.45, 2.75) is 89.1 Å². The molecule has 2 heterocycles. The van der Waals surface area contributed by atoms with Crippen LogP contribution in [0.25, 0.3) is 0 Å². The van der Waals surface area contributed by atoms with Gasteiger partial charge in [0.2, 0.25) is 14.3 Å². The van der Waals surface area contributed by atoms with E-state index in [0.29, 0.717) is 25.1 Å². The Balaban J connectivity index is 1.41. The SMILES string of the molecule is C[C@H]1[C@H]([Si](C)(C)F)[C@@H](CC(=O)N2Cc3ccccc3C[C@H]2CO)O[C@H]1CCc1ccc(NC(=O)[C@H](C)O)cc1. The number of benzene rings is 2. The van der Waals surface area contributed by atoms with Gasteiger partial charge in [0.1, 0.15) is 6.10 Å². The zero-order chi connectivity index (χ0) is 28.3. The van der Waals surface area contributed by atoms with Gasteiger partial charge in [-0.3, -0.25) is 9.59 Å². The molecule has 0 spiro atoms. The number of halogens is 1. The van der Waals surface area contributed by atoms with Crippen molar-refractivity contribution in [3.05, 3.63) is 65.2 Å². The summed E-state index contributed by atoms with van der Waals surface area (Å²) in [6.45, 7) is 7.19. The van der Waals surface area contributed by atoms with E-state index in [4.69, 9.17) is 4.74 Å². The van der Waals surface area contributed by atoms with Crippen LogP contribution in [-0.4, -0.2) is 66.3 Å². The average molecular weight is 557 g/mol. The molecule has 6 atom stereocenters. The summed E-state index contributed by atoms with van der Waals surface area (Å²) in [6, 6.07) is 15.1. The van der Waals surface area contributed by atoms with Crippen LogP contribution in [-0.2, 0) is 33.7 Å². The van der Waals surface area contributed by atoms with Gasteiger partial charge in [-0.15, -0.1) is 0 Å². The molecular formula is C30H41FN2O5Si. The zero-order valence-electron chi connectivity index (χ0n) is 23.3. The second kappa shape index (κ2) is 12.3. The van der Waals surface area contributed by atoms with Crippen molar-refractivity contribution in [3.8, 4) is 0 Å². The molecule has 2 aliphatic rings. The van der Waals surface area contributed by atoms with E-state index < -0.39 is 26.5 Å². The van der Waals surface area contributed by atoms with Gasteiger partial charge in [-0.25, -0.2) is 0 Å². The van der Waals surface area contributed by atoms with Crippen molar-refractivity contribution in [2.24, 2.45) is 5.92 Å². The molecule has 2 amide bonds. The number of nitrogens with zero attached hydrogens (tertiary/aromatic N) is 1. The number of anilines is 1. The van der Waals surface area contributed by atoms with E-state index in [-0.39, 0.29) is 42.5 Å². The molecule has 39 heavy (non-hydrogen) atoms. The number of carbonyl (C=O) groups is 2. The Morgan fingerprint density at radius 1 is 1.13 bits per heavy atom. The van der Waals surface area contributed by atoms with Crippen LogP contribution in [0.1, 0.15) is 43.4 Å². The first-order valence-corrected chi connectivity index (χ1v) is 16.8. The number of rotatable bonds is 9. The quantitative estimate of drug-likeness (QED) is 0.317. The molecule has 3 N–H and O–H groups in total. The standard InChI is InChI=1S/C30H41FN2O5Si/c1-19-26(14-11-21-9-12-24(13-10-21)32-30(37)20(2)35)38-27(29(19)39(3,4)31)16-28(36)33-17-23-8-6-5-7-22(23)15-25(33)18-34/h5-10,12-13,19-20,25-27,29,34-35H,11,14-18H2,1-4H3,(H,32,37)/t19-,20+,25+,26+,27-,29+/m1/s1. The lowest BCUT2D eigenvalue weighted by molar-refractivity contribution is -0.138. The zero-order valence-corrected chi connectivity index (χ0v) is 24.3. The smallest absolute Gasteiger partial charge is 0.252 e. The first-order valence-electron chi connectivity index (χ1n) is 13.9. The van der Waals surface area contributed by atoms with Crippen LogP contribution in [0.15, 0.2) is 48.5 Å². The van der Waals surface area contributed by atoms with Crippen molar-refractivity contribution in [3.63, 3.8) is 0 Å². The molecular weight excluding hydrogens is 515 g/mol. The lowest BCUT2D eigenvalue weighted by Gasteiger charge is -2.37. The first-order chi connectivity index (χ1) is 18.5. The molecule has 9 heteroatoms. The second-order valence-corrected chi connectivity index (χ2v) is 15.4. The Labute approximate surface area is 231 Å². The predicted molar refractivity (Wildman–Crippen MR) is 151 cm³/mol. The van der Waals surface area contributed by atoms with Crippen LogP contribution in [0.2, 0.25) is 18.6 Å². The topological polar surface area (TPSA) is 99.1 Å². The summed E-state index contributed by atoms with van der Waals surface area (Å²) in [5, 5.41) is 22.0. The number of nitrogens with one attached hydrogen (secondary N) is 1. The molecule has 2 aromatic rings. The monoisotopic (exact) mass is 556 g/mol. The highest BCUT2D eigenvalue weighted by atomic mass is 28.4. The van der Waals surface area contributed by atoms with E-state index in [2.05, 4.69) is 5.32 Å². The van der Waals surface area contributed by atoms with E-state index in [9.17, 15) is 19.8 Å². The van der Waals surface area contributed by atoms with E-state index >= 15 is 4.11 Å². The maximum Gasteiger partial charge on any atom is 0.252 e. The van der Waals surface area contributed by atoms with Gasteiger partial charge in [0.05, 0.1) is 31.3 Å². The molecule has 4 rings (SSSR count). The van der Waals surface area contributed by atoms with Crippen LogP contribution < -0.4 is 5.32 Å². The lowest BCUT2D eigenvalue weighted by Crippen LogP contribution is -2.48. The molecule has 0 bridgehead atoms. The Morgan fingerprint density at radius 3 is 2.41 bits per heavy atom. The number of hydrogen-bond donors (Lipinski definition) is 3. The number of amides is 2. The van der Waals surface area contributed by atoms with E-state index in [1.165, 1.54) is 6.92 Å². The summed E-state index contributed by atoms with van der Waals surface area (Å²) in [7, 11) is -3.14. The number of hydrogen-bond acceptors (Lipinski definition) is 5. The van der Waals surface area contributed by atoms with E-state index in [1.54, 1.807) is 30.1 Å². The van der Waals surface area contributed by atoms with Crippen molar-refractivity contribution in [1.29, 1.82) is 0 Å². The van der Waals surface area contributed by atoms with Crippen LogP contribution in [0.3, 0.4) is 0 Å². The molecule has 0 aliphatic carbocycles. The Hall–Kier alpha value is -2.59. The van der Waals surface area contributed by atoms with Crippen molar-refractivity contribution < 1.29 is 28.6 Å². The summed E-state index contributed by atoms with van der Waals surface area (Å²) in [4.78, 5) is 27.0. The Kier molecular flexibility index (Phi) is 9.26. The van der Waals surface area contributed by atoms with Crippen LogP contribution in [0, 0.1) is 5.92 Å². The van der Waals surface area contributed by atoms with Gasteiger partial charge in [-0.2, -0.15) is 0 Å². The van der Waals surface area contributed by atoms with Crippen LogP contribution in [0.4, 0.5) is 9.80 Å². The summed E-state index contributed by atoms with van der Waals surface area (Å²) in [5.74, 6) is -0.575. The minimum atomic E-state index is -3.14. The number of carbonyl (C=O) groups excluding carboxylic acids is 2. The third kappa shape index (κ3) is 6.95. The predicted octanol–water partition coefficient (Wildman–Crippen LogP) is 4.22. The minimum absolute atomic E-state index is 0.0187. The maximum atomic E-state index is 15.6. The van der Waals surface area contributed by atoms with Gasteiger partial charge in [-0.05, 0) is 74.0 Å². The highest BCUT2D eigenvalue weighted by Gasteiger charge is 2.52. The van der Waals surface area contributed by atoms with Gasteiger partial charge >= 0.3 is 0 Å². The molecule has 1 saturated heterocycles. The number of aliphatic hydroxyl groups is 2. The molecule has 7 nitrogen and oxygen atoms in total. The molecule has 0 aromatic heterocycles. The Bertz CT molecular complexity index is 1150. The maximum absolute atomic E-state index is 15.6. The van der Waals surface area contributed by atoms with Gasteiger partial charge in [0.15, 0.2) is 0 Å². The highest BCUT2D eigenvalue weighted by molar-refractivity contribution is 6.72. The van der Waals surface area contributed by atoms with Gasteiger partial charge in [0.25, 0.3) is 5.91 Å². The first kappa shape index (κ1) is 29.4. The second-order valence-electron chi connectivity index (χ2n) is 11.6. The van der Waals surface area contributed by atoms with Crippen molar-refractivity contribution in [2.75, 3.05) is 11.9 Å². The van der Waals surface area contributed by atoms with E-state index in [0.717, 1.165) is 23.1 Å². The largest absolute Gasteiger partial charge is 0.394 e. The highest BCUT2D eigenvalue weighted by Crippen LogP contribution is 2.47. The minimum Gasteiger partial charge on any atom is -0.394 e. The molecule has 2 aliphatic heterocycles. The molecule has 0 unspecified atom stereocenters. The van der Waals surface area contributed by atoms with Gasteiger partial charge in [0, 0.05) is 17.8 Å². The molecule has 212 valence electrons.